The quantitative estimate of drug-likeness (QED) is 0.0670. The highest BCUT2D eigenvalue weighted by atomic mass is 32.2. The van der Waals surface area contributed by atoms with Crippen LogP contribution in [-0.2, 0) is 35.3 Å². The SMILES string of the molecule is CC(C)(C)C(c1cc(-c2cc(F)ccc2F)cn1Cc1ccccc1)N(CC[C@H](N)C(=O)NCCNC(=O)CNC(=O)C[C@@H](SC[C@H](N)C(=O)O)C(=O)O)C(=O)CO. The minimum atomic E-state index is -1.35. The molecule has 0 radical (unpaired) electrons. The molecule has 0 fully saturated rings. The average molecular weight is 832 g/mol. The summed E-state index contributed by atoms with van der Waals surface area (Å²) in [6.07, 6.45) is 1.12. The number of thioether (sulfide) groups is 1. The first-order chi connectivity index (χ1) is 27.3. The predicted molar refractivity (Wildman–Crippen MR) is 212 cm³/mol. The third-order valence-corrected chi connectivity index (χ3v) is 10.2. The first-order valence-electron chi connectivity index (χ1n) is 18.3. The molecule has 3 aromatic rings. The molecule has 1 heterocycles. The van der Waals surface area contributed by atoms with Crippen molar-refractivity contribution < 1.29 is 52.9 Å². The summed E-state index contributed by atoms with van der Waals surface area (Å²) in [6, 6.07) is 11.1. The predicted octanol–water partition coefficient (Wildman–Crippen LogP) is 1.44. The first-order valence-corrected chi connectivity index (χ1v) is 19.4. The summed E-state index contributed by atoms with van der Waals surface area (Å²) < 4.78 is 31.2. The summed E-state index contributed by atoms with van der Waals surface area (Å²) in [5.74, 6) is -6.79. The zero-order valence-corrected chi connectivity index (χ0v) is 33.3. The number of carboxylic acids is 2. The van der Waals surface area contributed by atoms with E-state index in [0.29, 0.717) is 29.6 Å². The van der Waals surface area contributed by atoms with Crippen LogP contribution in [0.4, 0.5) is 8.78 Å². The van der Waals surface area contributed by atoms with Gasteiger partial charge in [0.2, 0.25) is 23.6 Å². The lowest BCUT2D eigenvalue weighted by molar-refractivity contribution is -0.140. The summed E-state index contributed by atoms with van der Waals surface area (Å²) in [5.41, 5.74) is 12.8. The lowest BCUT2D eigenvalue weighted by Gasteiger charge is -2.41. The number of halogens is 2. The first kappa shape index (κ1) is 47.0. The van der Waals surface area contributed by atoms with Gasteiger partial charge in [0.05, 0.1) is 18.6 Å². The molecule has 316 valence electrons. The number of aromatic nitrogens is 1. The van der Waals surface area contributed by atoms with E-state index in [9.17, 15) is 43.4 Å². The molecule has 10 N–H and O–H groups in total. The van der Waals surface area contributed by atoms with E-state index in [-0.39, 0.29) is 37.4 Å². The van der Waals surface area contributed by atoms with Crippen LogP contribution in [0.25, 0.3) is 11.1 Å². The van der Waals surface area contributed by atoms with Gasteiger partial charge in [0.1, 0.15) is 29.5 Å². The molecule has 58 heavy (non-hydrogen) atoms. The van der Waals surface area contributed by atoms with Crippen molar-refractivity contribution in [3.8, 4) is 11.1 Å². The summed E-state index contributed by atoms with van der Waals surface area (Å²) in [5, 5.41) is 34.3. The molecule has 1 unspecified atom stereocenters. The maximum atomic E-state index is 15.0. The molecule has 4 amide bonds. The molecule has 1 aromatic heterocycles. The fourth-order valence-electron chi connectivity index (χ4n) is 6.02. The number of nitrogens with zero attached hydrogens (tertiary/aromatic N) is 2. The maximum absolute atomic E-state index is 15.0. The van der Waals surface area contributed by atoms with E-state index < -0.39 is 95.6 Å². The highest BCUT2D eigenvalue weighted by Crippen LogP contribution is 2.41. The highest BCUT2D eigenvalue weighted by molar-refractivity contribution is 8.00. The minimum Gasteiger partial charge on any atom is -0.480 e. The number of benzene rings is 2. The Balaban J connectivity index is 1.64. The van der Waals surface area contributed by atoms with Gasteiger partial charge in [0.15, 0.2) is 0 Å². The fourth-order valence-corrected chi connectivity index (χ4v) is 7.01. The second-order valence-electron chi connectivity index (χ2n) is 14.5. The fraction of sp³-hybridized carbons (Fsp3) is 0.436. The van der Waals surface area contributed by atoms with Crippen LogP contribution in [-0.4, -0.2) is 116 Å². The van der Waals surface area contributed by atoms with Crippen molar-refractivity contribution in [2.75, 3.05) is 38.5 Å². The molecule has 3 rings (SSSR count). The molecule has 0 saturated heterocycles. The third kappa shape index (κ3) is 14.2. The topological polar surface area (TPSA) is 259 Å². The summed E-state index contributed by atoms with van der Waals surface area (Å²) >= 11 is 0.690. The van der Waals surface area contributed by atoms with E-state index >= 15 is 4.39 Å². The summed E-state index contributed by atoms with van der Waals surface area (Å²) in [7, 11) is 0. The third-order valence-electron chi connectivity index (χ3n) is 8.88. The Morgan fingerprint density at radius 1 is 0.879 bits per heavy atom. The average Bonchev–Trinajstić information content (AvgIpc) is 3.57. The molecule has 0 aliphatic carbocycles. The van der Waals surface area contributed by atoms with Crippen molar-refractivity contribution in [3.63, 3.8) is 0 Å². The molecular formula is C39H51F2N7O9S. The number of nitrogens with one attached hydrogen (secondary N) is 3. The molecule has 0 aliphatic heterocycles. The van der Waals surface area contributed by atoms with Crippen molar-refractivity contribution in [3.05, 3.63) is 83.7 Å². The van der Waals surface area contributed by atoms with E-state index in [1.165, 1.54) is 4.90 Å². The smallest absolute Gasteiger partial charge is 0.321 e. The van der Waals surface area contributed by atoms with Gasteiger partial charge >= 0.3 is 11.9 Å². The molecule has 0 spiro atoms. The van der Waals surface area contributed by atoms with Crippen molar-refractivity contribution >= 4 is 47.3 Å². The molecule has 16 nitrogen and oxygen atoms in total. The van der Waals surface area contributed by atoms with E-state index in [4.69, 9.17) is 16.6 Å². The van der Waals surface area contributed by atoms with Crippen molar-refractivity contribution in [1.82, 2.24) is 25.4 Å². The number of hydrogen-bond donors (Lipinski definition) is 8. The highest BCUT2D eigenvalue weighted by Gasteiger charge is 2.37. The number of aliphatic hydroxyl groups excluding tert-OH is 1. The monoisotopic (exact) mass is 831 g/mol. The van der Waals surface area contributed by atoms with Crippen LogP contribution in [0.15, 0.2) is 60.8 Å². The van der Waals surface area contributed by atoms with Crippen LogP contribution in [0.2, 0.25) is 0 Å². The Bertz CT molecular complexity index is 1910. The standard InChI is InChI=1S/C39H51F2N7O9S/c1-39(2,3)35(30-15-24(26-16-25(40)9-10-27(26)41)20-47(30)19-23-7-5-4-6-8-23)48(34(52)21-49)14-11-28(42)36(53)45-13-12-44-33(51)18-46-32(50)17-31(38(56)57)58-22-29(43)37(54)55/h4-10,15-16,20,28-29,31,35,49H,11-14,17-19,21-22,42-43H2,1-3H3,(H,44,51)(H,45,53)(H,46,50)(H,54,55)(H,56,57)/t28-,29-,31+,35?/m0/s1. The Hall–Kier alpha value is -5.37. The second kappa shape index (κ2) is 22.0. The zero-order valence-electron chi connectivity index (χ0n) is 32.5. The van der Waals surface area contributed by atoms with Gasteiger partial charge in [0, 0.05) is 61.4 Å². The van der Waals surface area contributed by atoms with Gasteiger partial charge in [-0.2, -0.15) is 0 Å². The Labute approximate surface area is 338 Å². The Morgan fingerprint density at radius 2 is 1.55 bits per heavy atom. The lowest BCUT2D eigenvalue weighted by atomic mass is 9.82. The number of aliphatic carboxylic acids is 2. The molecule has 0 bridgehead atoms. The van der Waals surface area contributed by atoms with Crippen LogP contribution < -0.4 is 27.4 Å². The summed E-state index contributed by atoms with van der Waals surface area (Å²) in [6.45, 7) is 4.47. The van der Waals surface area contributed by atoms with Gasteiger partial charge in [-0.15, -0.1) is 11.8 Å². The van der Waals surface area contributed by atoms with E-state index in [1.54, 1.807) is 12.3 Å². The number of amides is 4. The van der Waals surface area contributed by atoms with Gasteiger partial charge in [-0.25, -0.2) is 8.78 Å². The lowest BCUT2D eigenvalue weighted by Crippen LogP contribution is -2.48. The van der Waals surface area contributed by atoms with Crippen molar-refractivity contribution in [1.29, 1.82) is 0 Å². The van der Waals surface area contributed by atoms with E-state index in [1.807, 2.05) is 55.7 Å². The van der Waals surface area contributed by atoms with Crippen molar-refractivity contribution in [2.24, 2.45) is 16.9 Å². The van der Waals surface area contributed by atoms with Crippen LogP contribution in [0.3, 0.4) is 0 Å². The van der Waals surface area contributed by atoms with Crippen molar-refractivity contribution in [2.45, 2.75) is 63.5 Å². The number of rotatable bonds is 22. The maximum Gasteiger partial charge on any atom is 0.321 e. The minimum absolute atomic E-state index is 0.0288. The molecule has 2 aromatic carbocycles. The van der Waals surface area contributed by atoms with Gasteiger partial charge < -0.3 is 52.2 Å². The number of aliphatic hydroxyl groups is 1. The molecule has 19 heteroatoms. The largest absolute Gasteiger partial charge is 0.480 e. The van der Waals surface area contributed by atoms with Gasteiger partial charge in [-0.05, 0) is 41.7 Å². The van der Waals surface area contributed by atoms with E-state index in [2.05, 4.69) is 16.0 Å². The number of nitrogens with two attached hydrogens (primary N) is 2. The Morgan fingerprint density at radius 3 is 2.17 bits per heavy atom. The van der Waals surface area contributed by atoms with Gasteiger partial charge in [-0.3, -0.25) is 28.8 Å². The number of hydrogen-bond acceptors (Lipinski definition) is 10. The normalized spacial score (nSPS) is 13.4. The zero-order chi connectivity index (χ0) is 43.2. The second-order valence-corrected chi connectivity index (χ2v) is 15.8. The van der Waals surface area contributed by atoms with Crippen LogP contribution in [0.1, 0.15) is 50.9 Å². The Kier molecular flexibility index (Phi) is 17.8. The van der Waals surface area contributed by atoms with Crippen LogP contribution in [0.5, 0.6) is 0 Å². The number of carbonyl (C=O) groups excluding carboxylic acids is 4. The summed E-state index contributed by atoms with van der Waals surface area (Å²) in [4.78, 5) is 74.6. The van der Waals surface area contributed by atoms with Crippen LogP contribution >= 0.6 is 11.8 Å². The molecular weight excluding hydrogens is 781 g/mol. The number of carboxylic acid groups (broad SMARTS) is 2. The number of carbonyl (C=O) groups is 6. The molecule has 4 atom stereocenters. The van der Waals surface area contributed by atoms with Gasteiger partial charge in [0.25, 0.3) is 0 Å². The van der Waals surface area contributed by atoms with E-state index in [0.717, 1.165) is 23.8 Å². The molecule has 0 aliphatic rings. The van der Waals surface area contributed by atoms with Gasteiger partial charge in [-0.1, -0.05) is 51.1 Å². The molecule has 0 saturated carbocycles. The van der Waals surface area contributed by atoms with Crippen LogP contribution in [0, 0.1) is 17.0 Å².